The molecule has 1 atom stereocenters. The van der Waals surface area contributed by atoms with Crippen molar-refractivity contribution in [3.63, 3.8) is 0 Å². The lowest BCUT2D eigenvalue weighted by Gasteiger charge is -2.16. The van der Waals surface area contributed by atoms with E-state index < -0.39 is 18.0 Å². The molecule has 0 aromatic heterocycles. The van der Waals surface area contributed by atoms with Crippen molar-refractivity contribution >= 4 is 12.1 Å². The second-order valence-electron chi connectivity index (χ2n) is 7.61. The number of aromatic hydroxyl groups is 1. The van der Waals surface area contributed by atoms with Gasteiger partial charge in [0.1, 0.15) is 12.4 Å². The number of phenols is 1. The van der Waals surface area contributed by atoms with Gasteiger partial charge in [-0.25, -0.2) is 4.79 Å². The molecular weight excluding hydrogens is 394 g/mol. The van der Waals surface area contributed by atoms with Crippen LogP contribution in [-0.2, 0) is 16.0 Å². The predicted molar refractivity (Wildman–Crippen MR) is 116 cm³/mol. The number of carbonyl (C=O) groups excluding carboxylic acids is 1. The van der Waals surface area contributed by atoms with Crippen LogP contribution < -0.4 is 5.32 Å². The van der Waals surface area contributed by atoms with Crippen LogP contribution in [0.15, 0.2) is 72.8 Å². The van der Waals surface area contributed by atoms with E-state index in [1.807, 2.05) is 36.4 Å². The zero-order chi connectivity index (χ0) is 21.8. The molecule has 0 radical (unpaired) electrons. The Morgan fingerprint density at radius 3 is 2.06 bits per heavy atom. The van der Waals surface area contributed by atoms with Gasteiger partial charge in [-0.2, -0.15) is 0 Å². The van der Waals surface area contributed by atoms with Gasteiger partial charge >= 0.3 is 12.1 Å². The summed E-state index contributed by atoms with van der Waals surface area (Å²) in [5, 5.41) is 21.4. The molecule has 3 aromatic rings. The lowest BCUT2D eigenvalue weighted by molar-refractivity contribution is -0.141. The van der Waals surface area contributed by atoms with Crippen molar-refractivity contribution in [2.75, 3.05) is 13.2 Å². The van der Waals surface area contributed by atoms with E-state index in [1.165, 1.54) is 12.1 Å². The first-order valence-corrected chi connectivity index (χ1v) is 10.1. The minimum absolute atomic E-state index is 0.0487. The zero-order valence-corrected chi connectivity index (χ0v) is 16.8. The summed E-state index contributed by atoms with van der Waals surface area (Å²) < 4.78 is 5.46. The van der Waals surface area contributed by atoms with E-state index in [2.05, 4.69) is 17.4 Å². The van der Waals surface area contributed by atoms with Gasteiger partial charge in [0.25, 0.3) is 0 Å². The molecule has 0 unspecified atom stereocenters. The van der Waals surface area contributed by atoms with Gasteiger partial charge in [-0.3, -0.25) is 4.79 Å². The second-order valence-corrected chi connectivity index (χ2v) is 7.61. The summed E-state index contributed by atoms with van der Waals surface area (Å²) in [7, 11) is 0. The van der Waals surface area contributed by atoms with Gasteiger partial charge in [0.15, 0.2) is 0 Å². The number of hydrogen-bond donors (Lipinski definition) is 3. The van der Waals surface area contributed by atoms with Gasteiger partial charge in [-0.05, 0) is 46.4 Å². The number of nitrogens with one attached hydrogen (secondary N) is 1. The topological polar surface area (TPSA) is 95.9 Å². The number of phenolic OH excluding ortho intramolecular Hbond substituents is 1. The monoisotopic (exact) mass is 417 g/mol. The maximum atomic E-state index is 12.3. The van der Waals surface area contributed by atoms with E-state index in [4.69, 9.17) is 4.74 Å². The predicted octanol–water partition coefficient (Wildman–Crippen LogP) is 4.17. The number of hydrogen-bond acceptors (Lipinski definition) is 4. The Morgan fingerprint density at radius 1 is 0.903 bits per heavy atom. The Labute approximate surface area is 180 Å². The number of aliphatic carboxylic acids is 1. The molecule has 1 aliphatic rings. The number of carbonyl (C=O) groups is 2. The molecular formula is C25H23NO5. The fourth-order valence-electron chi connectivity index (χ4n) is 4.02. The lowest BCUT2D eigenvalue weighted by atomic mass is 9.98. The third-order valence-electron chi connectivity index (χ3n) is 5.60. The van der Waals surface area contributed by atoms with Crippen LogP contribution >= 0.6 is 0 Å². The van der Waals surface area contributed by atoms with Crippen molar-refractivity contribution in [2.45, 2.75) is 12.3 Å². The Hall–Kier alpha value is -3.80. The van der Waals surface area contributed by atoms with E-state index in [1.54, 1.807) is 12.1 Å². The SMILES string of the molecule is O=C(NC[C@@H](Cc1ccc(O)cc1)C(=O)O)OCC1c2ccccc2-c2ccccc21. The highest BCUT2D eigenvalue weighted by Gasteiger charge is 2.29. The third kappa shape index (κ3) is 4.53. The summed E-state index contributed by atoms with van der Waals surface area (Å²) >= 11 is 0. The average Bonchev–Trinajstić information content (AvgIpc) is 3.10. The molecule has 0 heterocycles. The van der Waals surface area contributed by atoms with Crippen LogP contribution in [0, 0.1) is 5.92 Å². The molecule has 3 aromatic carbocycles. The summed E-state index contributed by atoms with van der Waals surface area (Å²) in [5.74, 6) is -1.74. The molecule has 0 saturated heterocycles. The highest BCUT2D eigenvalue weighted by molar-refractivity contribution is 5.79. The van der Waals surface area contributed by atoms with Gasteiger partial charge in [0.2, 0.25) is 0 Å². The van der Waals surface area contributed by atoms with Crippen molar-refractivity contribution in [1.29, 1.82) is 0 Å². The van der Waals surface area contributed by atoms with E-state index in [9.17, 15) is 19.8 Å². The van der Waals surface area contributed by atoms with Gasteiger partial charge in [-0.1, -0.05) is 60.7 Å². The summed E-state index contributed by atoms with van der Waals surface area (Å²) in [6.45, 7) is 0.127. The summed E-state index contributed by atoms with van der Waals surface area (Å²) in [6, 6.07) is 22.5. The highest BCUT2D eigenvalue weighted by Crippen LogP contribution is 2.44. The summed E-state index contributed by atoms with van der Waals surface area (Å²) in [4.78, 5) is 23.9. The molecule has 4 rings (SSSR count). The minimum Gasteiger partial charge on any atom is -0.508 e. The third-order valence-corrected chi connectivity index (χ3v) is 5.60. The van der Waals surface area contributed by atoms with Crippen LogP contribution in [0.2, 0.25) is 0 Å². The Kier molecular flexibility index (Phi) is 5.89. The molecule has 0 aliphatic heterocycles. The molecule has 31 heavy (non-hydrogen) atoms. The molecule has 6 heteroatoms. The molecule has 1 aliphatic carbocycles. The van der Waals surface area contributed by atoms with Crippen LogP contribution in [0.25, 0.3) is 11.1 Å². The van der Waals surface area contributed by atoms with Crippen molar-refractivity contribution in [3.8, 4) is 16.9 Å². The van der Waals surface area contributed by atoms with Crippen molar-refractivity contribution in [1.82, 2.24) is 5.32 Å². The number of rotatable bonds is 7. The molecule has 158 valence electrons. The molecule has 6 nitrogen and oxygen atoms in total. The number of benzene rings is 3. The van der Waals surface area contributed by atoms with Gasteiger partial charge in [-0.15, -0.1) is 0 Å². The lowest BCUT2D eigenvalue weighted by Crippen LogP contribution is -2.35. The molecule has 3 N–H and O–H groups in total. The minimum atomic E-state index is -1.01. The Bertz CT molecular complexity index is 1050. The van der Waals surface area contributed by atoms with Crippen molar-refractivity contribution < 1.29 is 24.5 Å². The first kappa shape index (κ1) is 20.5. The summed E-state index contributed by atoms with van der Waals surface area (Å²) in [5.41, 5.74) is 5.29. The van der Waals surface area contributed by atoms with Gasteiger partial charge in [0, 0.05) is 12.5 Å². The molecule has 0 saturated carbocycles. The van der Waals surface area contributed by atoms with Crippen LogP contribution in [0.5, 0.6) is 5.75 Å². The van der Waals surface area contributed by atoms with E-state index in [-0.39, 0.29) is 31.2 Å². The first-order valence-electron chi connectivity index (χ1n) is 10.1. The largest absolute Gasteiger partial charge is 0.508 e. The normalized spacial score (nSPS) is 13.2. The van der Waals surface area contributed by atoms with Crippen LogP contribution in [0.4, 0.5) is 4.79 Å². The molecule has 0 spiro atoms. The Morgan fingerprint density at radius 2 is 1.48 bits per heavy atom. The number of fused-ring (bicyclic) bond motifs is 3. The van der Waals surface area contributed by atoms with E-state index in [0.717, 1.165) is 27.8 Å². The maximum Gasteiger partial charge on any atom is 0.407 e. The molecule has 0 fully saturated rings. The molecule has 0 bridgehead atoms. The van der Waals surface area contributed by atoms with E-state index >= 15 is 0 Å². The fraction of sp³-hybridized carbons (Fsp3) is 0.200. The fourth-order valence-corrected chi connectivity index (χ4v) is 4.02. The number of carboxylic acid groups (broad SMARTS) is 1. The summed E-state index contributed by atoms with van der Waals surface area (Å²) in [6.07, 6.45) is -0.405. The van der Waals surface area contributed by atoms with E-state index in [0.29, 0.717) is 0 Å². The average molecular weight is 417 g/mol. The van der Waals surface area contributed by atoms with Gasteiger partial charge in [0.05, 0.1) is 5.92 Å². The van der Waals surface area contributed by atoms with Crippen LogP contribution in [0.1, 0.15) is 22.6 Å². The quantitative estimate of drug-likeness (QED) is 0.536. The highest BCUT2D eigenvalue weighted by atomic mass is 16.5. The second kappa shape index (κ2) is 8.92. The van der Waals surface area contributed by atoms with Crippen molar-refractivity contribution in [3.05, 3.63) is 89.5 Å². The van der Waals surface area contributed by atoms with Crippen LogP contribution in [0.3, 0.4) is 0 Å². The number of amides is 1. The standard InChI is InChI=1S/C25H23NO5/c27-18-11-9-16(10-12-18)13-17(24(28)29)14-26-25(30)31-15-23-21-7-3-1-5-19(21)20-6-2-4-8-22(20)23/h1-12,17,23,27H,13-15H2,(H,26,30)(H,28,29)/t17-/m1/s1. The van der Waals surface area contributed by atoms with Crippen molar-refractivity contribution in [2.24, 2.45) is 5.92 Å². The van der Waals surface area contributed by atoms with Crippen LogP contribution in [-0.4, -0.2) is 35.4 Å². The number of ether oxygens (including phenoxy) is 1. The maximum absolute atomic E-state index is 12.3. The van der Waals surface area contributed by atoms with Gasteiger partial charge < -0.3 is 20.3 Å². The zero-order valence-electron chi connectivity index (χ0n) is 16.8. The first-order chi connectivity index (χ1) is 15.0. The number of alkyl carbamates (subject to hydrolysis) is 1. The smallest absolute Gasteiger partial charge is 0.407 e. The Balaban J connectivity index is 1.36. The number of carboxylic acids is 1. The molecule has 1 amide bonds.